The summed E-state index contributed by atoms with van der Waals surface area (Å²) in [5.41, 5.74) is 0. The van der Waals surface area contributed by atoms with Gasteiger partial charge in [-0.25, -0.2) is 4.79 Å². The third kappa shape index (κ3) is 4.08. The summed E-state index contributed by atoms with van der Waals surface area (Å²) in [6.45, 7) is 5.88. The van der Waals surface area contributed by atoms with Crippen LogP contribution in [0.2, 0.25) is 0 Å². The number of rotatable bonds is 5. The van der Waals surface area contributed by atoms with Crippen molar-refractivity contribution >= 4 is 11.9 Å². The molecule has 0 bridgehead atoms. The molecule has 5 nitrogen and oxygen atoms in total. The van der Waals surface area contributed by atoms with Crippen LogP contribution in [-0.4, -0.2) is 27.9 Å². The summed E-state index contributed by atoms with van der Waals surface area (Å²) < 4.78 is 5.41. The van der Waals surface area contributed by atoms with Crippen LogP contribution >= 0.6 is 0 Å². The van der Waals surface area contributed by atoms with Gasteiger partial charge in [0.15, 0.2) is 0 Å². The molecule has 0 spiro atoms. The largest absolute Gasteiger partial charge is 0.478 e. The molecule has 98 valence electrons. The molecule has 1 aromatic rings. The minimum Gasteiger partial charge on any atom is -0.478 e. The summed E-state index contributed by atoms with van der Waals surface area (Å²) in [6, 6.07) is 3.59. The molecule has 1 aromatic heterocycles. The fraction of sp³-hybridized carbons (Fsp3) is 0.385. The highest BCUT2D eigenvalue weighted by Gasteiger charge is 2.16. The SMILES string of the molecule is Cc1ccc(CN(C(=O)/C=C/C(=O)O)C(C)C)o1. The van der Waals surface area contributed by atoms with Crippen molar-refractivity contribution in [3.05, 3.63) is 35.8 Å². The number of carbonyl (C=O) groups is 2. The number of hydrogen-bond donors (Lipinski definition) is 1. The van der Waals surface area contributed by atoms with Crippen LogP contribution in [0.15, 0.2) is 28.7 Å². The van der Waals surface area contributed by atoms with Crippen LogP contribution in [0.25, 0.3) is 0 Å². The zero-order valence-corrected chi connectivity index (χ0v) is 10.7. The van der Waals surface area contributed by atoms with Crippen molar-refractivity contribution in [3.63, 3.8) is 0 Å². The second-order valence-corrected chi connectivity index (χ2v) is 4.24. The molecule has 0 aromatic carbocycles. The van der Waals surface area contributed by atoms with Crippen LogP contribution in [0.5, 0.6) is 0 Å². The quantitative estimate of drug-likeness (QED) is 0.812. The van der Waals surface area contributed by atoms with Crippen LogP contribution in [0, 0.1) is 6.92 Å². The number of amides is 1. The van der Waals surface area contributed by atoms with Crippen molar-refractivity contribution < 1.29 is 19.1 Å². The molecule has 0 radical (unpaired) electrons. The van der Waals surface area contributed by atoms with Crippen LogP contribution in [0.3, 0.4) is 0 Å². The Morgan fingerprint density at radius 1 is 1.39 bits per heavy atom. The lowest BCUT2D eigenvalue weighted by Crippen LogP contribution is -2.35. The van der Waals surface area contributed by atoms with Crippen molar-refractivity contribution in [3.8, 4) is 0 Å². The highest BCUT2D eigenvalue weighted by molar-refractivity contribution is 5.94. The number of hydrogen-bond acceptors (Lipinski definition) is 3. The third-order valence-electron chi connectivity index (χ3n) is 2.40. The molecule has 0 aliphatic rings. The van der Waals surface area contributed by atoms with E-state index in [4.69, 9.17) is 9.52 Å². The predicted octanol–water partition coefficient (Wildman–Crippen LogP) is 1.97. The number of carboxylic acid groups (broad SMARTS) is 1. The van der Waals surface area contributed by atoms with Crippen molar-refractivity contribution in [2.24, 2.45) is 0 Å². The van der Waals surface area contributed by atoms with Gasteiger partial charge in [0.05, 0.1) is 6.54 Å². The molecule has 1 rings (SSSR count). The Bertz CT molecular complexity index is 459. The second-order valence-electron chi connectivity index (χ2n) is 4.24. The predicted molar refractivity (Wildman–Crippen MR) is 65.9 cm³/mol. The first-order valence-electron chi connectivity index (χ1n) is 5.67. The molecule has 0 atom stereocenters. The Labute approximate surface area is 106 Å². The van der Waals surface area contributed by atoms with Gasteiger partial charge in [0.25, 0.3) is 0 Å². The topological polar surface area (TPSA) is 70.8 Å². The average Bonchev–Trinajstić information content (AvgIpc) is 2.68. The van der Waals surface area contributed by atoms with E-state index in [2.05, 4.69) is 0 Å². The minimum absolute atomic E-state index is 0.0404. The molecule has 0 saturated heterocycles. The van der Waals surface area contributed by atoms with Gasteiger partial charge >= 0.3 is 5.97 Å². The minimum atomic E-state index is -1.14. The molecule has 0 saturated carbocycles. The first-order chi connectivity index (χ1) is 8.40. The maximum absolute atomic E-state index is 11.8. The maximum Gasteiger partial charge on any atom is 0.328 e. The number of furan rings is 1. The summed E-state index contributed by atoms with van der Waals surface area (Å²) in [5, 5.41) is 8.50. The normalized spacial score (nSPS) is 11.1. The Morgan fingerprint density at radius 2 is 2.06 bits per heavy atom. The molecule has 0 aliphatic heterocycles. The Morgan fingerprint density at radius 3 is 2.50 bits per heavy atom. The molecular formula is C13H17NO4. The maximum atomic E-state index is 11.8. The molecular weight excluding hydrogens is 234 g/mol. The lowest BCUT2D eigenvalue weighted by Gasteiger charge is -2.24. The second kappa shape index (κ2) is 6.05. The van der Waals surface area contributed by atoms with Crippen molar-refractivity contribution in [2.75, 3.05) is 0 Å². The van der Waals surface area contributed by atoms with Gasteiger partial charge in [-0.3, -0.25) is 4.79 Å². The van der Waals surface area contributed by atoms with Gasteiger partial charge in [-0.05, 0) is 32.9 Å². The van der Waals surface area contributed by atoms with Gasteiger partial charge < -0.3 is 14.4 Å². The summed E-state index contributed by atoms with van der Waals surface area (Å²) >= 11 is 0. The first-order valence-corrected chi connectivity index (χ1v) is 5.67. The van der Waals surface area contributed by atoms with Crippen LogP contribution in [0.4, 0.5) is 0 Å². The molecule has 1 N–H and O–H groups in total. The summed E-state index contributed by atoms with van der Waals surface area (Å²) in [6.07, 6.45) is 1.89. The van der Waals surface area contributed by atoms with Gasteiger partial charge in [0.2, 0.25) is 5.91 Å². The third-order valence-corrected chi connectivity index (χ3v) is 2.40. The fourth-order valence-electron chi connectivity index (χ4n) is 1.49. The highest BCUT2D eigenvalue weighted by atomic mass is 16.4. The monoisotopic (exact) mass is 251 g/mol. The van der Waals surface area contributed by atoms with Crippen LogP contribution < -0.4 is 0 Å². The molecule has 18 heavy (non-hydrogen) atoms. The number of aryl methyl sites for hydroxylation is 1. The van der Waals surface area contributed by atoms with E-state index in [-0.39, 0.29) is 11.9 Å². The number of aliphatic carboxylic acids is 1. The van der Waals surface area contributed by atoms with E-state index in [0.29, 0.717) is 12.3 Å². The van der Waals surface area contributed by atoms with Crippen molar-refractivity contribution in [1.29, 1.82) is 0 Å². The van der Waals surface area contributed by atoms with E-state index in [9.17, 15) is 9.59 Å². The first kappa shape index (κ1) is 14.0. The zero-order valence-electron chi connectivity index (χ0n) is 10.7. The Kier molecular flexibility index (Phi) is 4.71. The van der Waals surface area contributed by atoms with Gasteiger partial charge in [-0.1, -0.05) is 0 Å². The van der Waals surface area contributed by atoms with E-state index >= 15 is 0 Å². The van der Waals surface area contributed by atoms with Crippen LogP contribution in [0.1, 0.15) is 25.4 Å². The van der Waals surface area contributed by atoms with E-state index in [1.54, 1.807) is 6.07 Å². The molecule has 5 heteroatoms. The molecule has 0 aliphatic carbocycles. The van der Waals surface area contributed by atoms with E-state index in [1.165, 1.54) is 4.90 Å². The summed E-state index contributed by atoms with van der Waals surface area (Å²) in [5.74, 6) is -0.0251. The lowest BCUT2D eigenvalue weighted by molar-refractivity contribution is -0.132. The van der Waals surface area contributed by atoms with Crippen molar-refractivity contribution in [2.45, 2.75) is 33.4 Å². The highest BCUT2D eigenvalue weighted by Crippen LogP contribution is 2.12. The van der Waals surface area contributed by atoms with Crippen LogP contribution in [-0.2, 0) is 16.1 Å². The molecule has 0 unspecified atom stereocenters. The van der Waals surface area contributed by atoms with Gasteiger partial charge in [-0.15, -0.1) is 0 Å². The lowest BCUT2D eigenvalue weighted by atomic mass is 10.2. The van der Waals surface area contributed by atoms with Gasteiger partial charge in [-0.2, -0.15) is 0 Å². The molecule has 1 amide bonds. The van der Waals surface area contributed by atoms with Gasteiger partial charge in [0, 0.05) is 18.2 Å². The average molecular weight is 251 g/mol. The van der Waals surface area contributed by atoms with E-state index < -0.39 is 5.97 Å². The molecule has 1 heterocycles. The molecule has 0 fully saturated rings. The smallest absolute Gasteiger partial charge is 0.328 e. The van der Waals surface area contributed by atoms with E-state index in [1.807, 2.05) is 26.8 Å². The fourth-order valence-corrected chi connectivity index (χ4v) is 1.49. The summed E-state index contributed by atoms with van der Waals surface area (Å²) in [7, 11) is 0. The Balaban J connectivity index is 2.77. The zero-order chi connectivity index (χ0) is 13.7. The van der Waals surface area contributed by atoms with Crippen molar-refractivity contribution in [1.82, 2.24) is 4.90 Å². The van der Waals surface area contributed by atoms with E-state index in [0.717, 1.165) is 17.9 Å². The number of carbonyl (C=O) groups excluding carboxylic acids is 1. The number of nitrogens with zero attached hydrogens (tertiary/aromatic N) is 1. The standard InChI is InChI=1S/C13H17NO4/c1-9(2)14(12(15)6-7-13(16)17)8-11-5-4-10(3)18-11/h4-7,9H,8H2,1-3H3,(H,16,17)/b7-6+. The van der Waals surface area contributed by atoms with Gasteiger partial charge in [0.1, 0.15) is 11.5 Å². The number of carboxylic acids is 1. The summed E-state index contributed by atoms with van der Waals surface area (Å²) in [4.78, 5) is 23.8. The Hall–Kier alpha value is -2.04.